The van der Waals surface area contributed by atoms with E-state index in [1.165, 1.54) is 0 Å². The molecule has 0 fully saturated rings. The first-order valence-electron chi connectivity index (χ1n) is 10.9. The standard InChI is InChI=1S/C26H27N7O/c1-16-5-10-22(18(3)13-16)32-26(34)31-21-8-6-20(7-9-21)30-24-15-25(29-19(4)28-24)33-23-14-17(2)11-12-27-23/h5-15H,1-4H3,(H2,31,32,34)(H2,27,28,29,30,33). The summed E-state index contributed by atoms with van der Waals surface area (Å²) in [6, 6.07) is 18.7. The van der Waals surface area contributed by atoms with Gasteiger partial charge in [-0.05, 0) is 81.3 Å². The van der Waals surface area contributed by atoms with E-state index in [4.69, 9.17) is 0 Å². The summed E-state index contributed by atoms with van der Waals surface area (Å²) in [7, 11) is 0. The van der Waals surface area contributed by atoms with Crippen molar-refractivity contribution in [1.29, 1.82) is 0 Å². The Morgan fingerprint density at radius 1 is 0.676 bits per heavy atom. The lowest BCUT2D eigenvalue weighted by Crippen LogP contribution is -2.19. The Morgan fingerprint density at radius 3 is 2.06 bits per heavy atom. The van der Waals surface area contributed by atoms with Gasteiger partial charge in [0.05, 0.1) is 0 Å². The molecule has 172 valence electrons. The Hall–Kier alpha value is -4.46. The lowest BCUT2D eigenvalue weighted by Gasteiger charge is -2.12. The number of anilines is 6. The van der Waals surface area contributed by atoms with Gasteiger partial charge in [-0.15, -0.1) is 0 Å². The highest BCUT2D eigenvalue weighted by Gasteiger charge is 2.07. The van der Waals surface area contributed by atoms with Crippen molar-refractivity contribution < 1.29 is 4.79 Å². The van der Waals surface area contributed by atoms with E-state index in [2.05, 4.69) is 36.2 Å². The Balaban J connectivity index is 1.39. The van der Waals surface area contributed by atoms with Crippen LogP contribution in [0.2, 0.25) is 0 Å². The summed E-state index contributed by atoms with van der Waals surface area (Å²) in [5.74, 6) is 2.64. The SMILES string of the molecule is Cc1ccnc(Nc2cc(Nc3ccc(NC(=O)Nc4ccc(C)cc4C)cc3)nc(C)n2)c1. The van der Waals surface area contributed by atoms with E-state index in [-0.39, 0.29) is 6.03 Å². The van der Waals surface area contributed by atoms with Crippen LogP contribution >= 0.6 is 0 Å². The Bertz CT molecular complexity index is 1320. The first-order chi connectivity index (χ1) is 16.3. The molecule has 8 nitrogen and oxygen atoms in total. The van der Waals surface area contributed by atoms with E-state index in [0.29, 0.717) is 23.1 Å². The van der Waals surface area contributed by atoms with Crippen molar-refractivity contribution in [2.24, 2.45) is 0 Å². The highest BCUT2D eigenvalue weighted by atomic mass is 16.2. The van der Waals surface area contributed by atoms with Gasteiger partial charge in [0.25, 0.3) is 0 Å². The number of hydrogen-bond acceptors (Lipinski definition) is 6. The average Bonchev–Trinajstić information content (AvgIpc) is 2.77. The predicted octanol–water partition coefficient (Wildman–Crippen LogP) is 6.24. The molecule has 0 aliphatic rings. The maximum absolute atomic E-state index is 12.4. The highest BCUT2D eigenvalue weighted by Crippen LogP contribution is 2.22. The number of carbonyl (C=O) groups excluding carboxylic acids is 1. The van der Waals surface area contributed by atoms with Gasteiger partial charge in [-0.25, -0.2) is 19.7 Å². The summed E-state index contributed by atoms with van der Waals surface area (Å²) in [6.45, 7) is 7.84. The van der Waals surface area contributed by atoms with Crippen LogP contribution in [-0.2, 0) is 0 Å². The first-order valence-corrected chi connectivity index (χ1v) is 10.9. The molecule has 2 aromatic carbocycles. The zero-order chi connectivity index (χ0) is 24.1. The van der Waals surface area contributed by atoms with E-state index in [0.717, 1.165) is 33.9 Å². The second kappa shape index (κ2) is 9.99. The lowest BCUT2D eigenvalue weighted by atomic mass is 10.1. The largest absolute Gasteiger partial charge is 0.340 e. The number of hydrogen-bond donors (Lipinski definition) is 4. The fourth-order valence-electron chi connectivity index (χ4n) is 3.45. The molecule has 4 aromatic rings. The van der Waals surface area contributed by atoms with Crippen LogP contribution < -0.4 is 21.3 Å². The number of aromatic nitrogens is 3. The van der Waals surface area contributed by atoms with Crippen LogP contribution in [0, 0.1) is 27.7 Å². The first kappa shape index (κ1) is 22.7. The zero-order valence-electron chi connectivity index (χ0n) is 19.6. The van der Waals surface area contributed by atoms with Crippen molar-refractivity contribution in [3.63, 3.8) is 0 Å². The van der Waals surface area contributed by atoms with E-state index in [9.17, 15) is 4.79 Å². The van der Waals surface area contributed by atoms with E-state index < -0.39 is 0 Å². The molecule has 4 N–H and O–H groups in total. The van der Waals surface area contributed by atoms with Gasteiger partial charge in [-0.2, -0.15) is 0 Å². The van der Waals surface area contributed by atoms with Crippen molar-refractivity contribution >= 4 is 40.5 Å². The van der Waals surface area contributed by atoms with Gasteiger partial charge in [0.2, 0.25) is 0 Å². The number of rotatable bonds is 6. The number of nitrogens with one attached hydrogen (secondary N) is 4. The third-order valence-electron chi connectivity index (χ3n) is 5.05. The van der Waals surface area contributed by atoms with Gasteiger partial charge in [0, 0.05) is 29.3 Å². The number of nitrogens with zero attached hydrogens (tertiary/aromatic N) is 3. The van der Waals surface area contributed by atoms with Crippen molar-refractivity contribution in [2.75, 3.05) is 21.3 Å². The second-order valence-corrected chi connectivity index (χ2v) is 8.13. The number of amides is 2. The lowest BCUT2D eigenvalue weighted by molar-refractivity contribution is 0.262. The van der Waals surface area contributed by atoms with E-state index in [1.54, 1.807) is 6.20 Å². The van der Waals surface area contributed by atoms with Crippen molar-refractivity contribution in [2.45, 2.75) is 27.7 Å². The van der Waals surface area contributed by atoms with Crippen LogP contribution in [0.4, 0.5) is 39.3 Å². The van der Waals surface area contributed by atoms with Gasteiger partial charge in [-0.3, -0.25) is 0 Å². The van der Waals surface area contributed by atoms with Crippen molar-refractivity contribution in [3.05, 3.63) is 89.4 Å². The molecule has 0 saturated carbocycles. The molecule has 4 rings (SSSR count). The van der Waals surface area contributed by atoms with Gasteiger partial charge >= 0.3 is 6.03 Å². The van der Waals surface area contributed by atoms with Crippen LogP contribution in [0.5, 0.6) is 0 Å². The number of pyridine rings is 1. The van der Waals surface area contributed by atoms with E-state index >= 15 is 0 Å². The van der Waals surface area contributed by atoms with Gasteiger partial charge in [0.1, 0.15) is 23.3 Å². The van der Waals surface area contributed by atoms with Gasteiger partial charge in [-0.1, -0.05) is 17.7 Å². The molecule has 8 heteroatoms. The third-order valence-corrected chi connectivity index (χ3v) is 5.05. The Morgan fingerprint density at radius 2 is 1.35 bits per heavy atom. The summed E-state index contributed by atoms with van der Waals surface area (Å²) in [6.07, 6.45) is 1.75. The maximum atomic E-state index is 12.4. The monoisotopic (exact) mass is 453 g/mol. The molecule has 2 amide bonds. The molecular formula is C26H27N7O. The quantitative estimate of drug-likeness (QED) is 0.276. The van der Waals surface area contributed by atoms with Crippen molar-refractivity contribution in [3.8, 4) is 0 Å². The van der Waals surface area contributed by atoms with Gasteiger partial charge < -0.3 is 21.3 Å². The fraction of sp³-hybridized carbons (Fsp3) is 0.154. The minimum absolute atomic E-state index is 0.292. The van der Waals surface area contributed by atoms with Crippen LogP contribution in [0.3, 0.4) is 0 Å². The molecule has 0 bridgehead atoms. The molecule has 0 spiro atoms. The smallest absolute Gasteiger partial charge is 0.323 e. The zero-order valence-corrected chi connectivity index (χ0v) is 19.6. The van der Waals surface area contributed by atoms with Crippen LogP contribution in [0.1, 0.15) is 22.5 Å². The second-order valence-electron chi connectivity index (χ2n) is 8.13. The number of benzene rings is 2. The molecule has 0 aliphatic carbocycles. The molecule has 2 aromatic heterocycles. The molecule has 0 atom stereocenters. The molecule has 0 aliphatic heterocycles. The number of urea groups is 1. The number of aryl methyl sites for hydroxylation is 4. The molecule has 0 radical (unpaired) electrons. The van der Waals surface area contributed by atoms with Crippen molar-refractivity contribution in [1.82, 2.24) is 15.0 Å². The maximum Gasteiger partial charge on any atom is 0.323 e. The Kier molecular flexibility index (Phi) is 6.68. The average molecular weight is 454 g/mol. The highest BCUT2D eigenvalue weighted by molar-refractivity contribution is 6.00. The summed E-state index contributed by atoms with van der Waals surface area (Å²) in [5.41, 5.74) is 5.57. The molecule has 34 heavy (non-hydrogen) atoms. The van der Waals surface area contributed by atoms with Crippen LogP contribution in [0.15, 0.2) is 66.9 Å². The van der Waals surface area contributed by atoms with Crippen LogP contribution in [0.25, 0.3) is 0 Å². The summed E-state index contributed by atoms with van der Waals surface area (Å²) in [5, 5.41) is 12.2. The fourth-order valence-corrected chi connectivity index (χ4v) is 3.45. The van der Waals surface area contributed by atoms with Gasteiger partial charge in [0.15, 0.2) is 0 Å². The number of carbonyl (C=O) groups is 1. The minimum Gasteiger partial charge on any atom is -0.340 e. The molecule has 0 unspecified atom stereocenters. The van der Waals surface area contributed by atoms with E-state index in [1.807, 2.05) is 88.4 Å². The molecule has 0 saturated heterocycles. The summed E-state index contributed by atoms with van der Waals surface area (Å²) >= 11 is 0. The summed E-state index contributed by atoms with van der Waals surface area (Å²) in [4.78, 5) is 25.6. The Labute approximate surface area is 198 Å². The predicted molar refractivity (Wildman–Crippen MR) is 137 cm³/mol. The minimum atomic E-state index is -0.292. The third kappa shape index (κ3) is 6.07. The molecule has 2 heterocycles. The molecular weight excluding hydrogens is 426 g/mol. The van der Waals surface area contributed by atoms with Crippen LogP contribution in [-0.4, -0.2) is 21.0 Å². The topological polar surface area (TPSA) is 104 Å². The normalized spacial score (nSPS) is 10.5. The summed E-state index contributed by atoms with van der Waals surface area (Å²) < 4.78 is 0.